The smallest absolute Gasteiger partial charge is 0.254 e. The molecule has 1 aliphatic rings. The van der Waals surface area contributed by atoms with Crippen LogP contribution < -0.4 is 5.32 Å². The van der Waals surface area contributed by atoms with Crippen molar-refractivity contribution in [3.63, 3.8) is 0 Å². The number of hydrogen-bond acceptors (Lipinski definition) is 2. The first kappa shape index (κ1) is 16.3. The van der Waals surface area contributed by atoms with Gasteiger partial charge < -0.3 is 10.2 Å². The quantitative estimate of drug-likeness (QED) is 0.865. The van der Waals surface area contributed by atoms with Gasteiger partial charge in [0.1, 0.15) is 0 Å². The number of carbonyl (C=O) groups is 1. The van der Waals surface area contributed by atoms with E-state index in [0.29, 0.717) is 11.1 Å². The molecule has 1 aromatic carbocycles. The number of piperazine rings is 1. The largest absolute Gasteiger partial charge is 0.333 e. The third-order valence-electron chi connectivity index (χ3n) is 3.44. The van der Waals surface area contributed by atoms with E-state index in [0.717, 1.165) is 24.2 Å². The summed E-state index contributed by atoms with van der Waals surface area (Å²) < 4.78 is 0. The van der Waals surface area contributed by atoms with E-state index in [1.165, 1.54) is 0 Å². The van der Waals surface area contributed by atoms with E-state index in [2.05, 4.69) is 19.2 Å². The molecule has 0 aromatic heterocycles. The number of aryl methyl sites for hydroxylation is 1. The van der Waals surface area contributed by atoms with E-state index in [9.17, 15) is 4.79 Å². The summed E-state index contributed by atoms with van der Waals surface area (Å²) in [5.74, 6) is 0.102. The number of halogens is 2. The molecular formula is C14H20Cl2N2O. The van der Waals surface area contributed by atoms with Gasteiger partial charge in [-0.25, -0.2) is 0 Å². The van der Waals surface area contributed by atoms with Crippen LogP contribution >= 0.6 is 24.0 Å². The average Bonchev–Trinajstić information content (AvgIpc) is 2.31. The molecule has 0 saturated carbocycles. The van der Waals surface area contributed by atoms with Gasteiger partial charge in [0, 0.05) is 35.8 Å². The summed E-state index contributed by atoms with van der Waals surface area (Å²) >= 11 is 5.92. The molecule has 0 bridgehead atoms. The van der Waals surface area contributed by atoms with Gasteiger partial charge in [0.15, 0.2) is 0 Å². The van der Waals surface area contributed by atoms with Crippen molar-refractivity contribution >= 4 is 29.9 Å². The highest BCUT2D eigenvalue weighted by Crippen LogP contribution is 2.19. The normalized spacial score (nSPS) is 22.8. The van der Waals surface area contributed by atoms with Crippen molar-refractivity contribution in [1.29, 1.82) is 0 Å². The Kier molecular flexibility index (Phi) is 5.65. The van der Waals surface area contributed by atoms with Gasteiger partial charge in [-0.15, -0.1) is 12.4 Å². The summed E-state index contributed by atoms with van der Waals surface area (Å²) in [6, 6.07) is 6.00. The first-order valence-corrected chi connectivity index (χ1v) is 6.67. The number of amides is 1. The summed E-state index contributed by atoms with van der Waals surface area (Å²) in [7, 11) is 0. The molecule has 1 saturated heterocycles. The number of nitrogens with one attached hydrogen (secondary N) is 1. The fourth-order valence-corrected chi connectivity index (χ4v) is 2.55. The summed E-state index contributed by atoms with van der Waals surface area (Å²) in [6.45, 7) is 7.69. The van der Waals surface area contributed by atoms with E-state index < -0.39 is 0 Å². The van der Waals surface area contributed by atoms with Crippen LogP contribution in [0.25, 0.3) is 0 Å². The molecule has 1 aliphatic heterocycles. The molecule has 1 aromatic rings. The van der Waals surface area contributed by atoms with Crippen molar-refractivity contribution in [1.82, 2.24) is 10.2 Å². The Morgan fingerprint density at radius 1 is 1.42 bits per heavy atom. The summed E-state index contributed by atoms with van der Waals surface area (Å²) in [5, 5.41) is 4.05. The predicted molar refractivity (Wildman–Crippen MR) is 81.4 cm³/mol. The van der Waals surface area contributed by atoms with Crippen LogP contribution in [0.3, 0.4) is 0 Å². The van der Waals surface area contributed by atoms with Crippen molar-refractivity contribution in [3.05, 3.63) is 34.3 Å². The van der Waals surface area contributed by atoms with Gasteiger partial charge in [-0.05, 0) is 44.5 Å². The molecule has 2 atom stereocenters. The number of hydrogen-bond donors (Lipinski definition) is 1. The standard InChI is InChI=1S/C14H19ClN2O.ClH/c1-9-6-12(15)4-5-13(9)14(18)17-8-10(2)16-7-11(17)3;/h4-6,10-11,16H,7-8H2,1-3H3;1H. The topological polar surface area (TPSA) is 32.3 Å². The Hall–Kier alpha value is -0.770. The van der Waals surface area contributed by atoms with E-state index in [4.69, 9.17) is 11.6 Å². The number of rotatable bonds is 1. The highest BCUT2D eigenvalue weighted by atomic mass is 35.5. The van der Waals surface area contributed by atoms with Gasteiger partial charge >= 0.3 is 0 Å². The minimum atomic E-state index is 0. The van der Waals surface area contributed by atoms with E-state index >= 15 is 0 Å². The lowest BCUT2D eigenvalue weighted by Crippen LogP contribution is -2.56. The minimum absolute atomic E-state index is 0. The van der Waals surface area contributed by atoms with Gasteiger partial charge in [-0.2, -0.15) is 0 Å². The molecule has 0 spiro atoms. The molecule has 5 heteroatoms. The number of nitrogens with zero attached hydrogens (tertiary/aromatic N) is 1. The van der Waals surface area contributed by atoms with Crippen LogP contribution in [0.4, 0.5) is 0 Å². The maximum absolute atomic E-state index is 12.5. The Labute approximate surface area is 125 Å². The van der Waals surface area contributed by atoms with Crippen molar-refractivity contribution in [2.24, 2.45) is 0 Å². The molecule has 1 amide bonds. The zero-order chi connectivity index (χ0) is 13.3. The molecule has 19 heavy (non-hydrogen) atoms. The van der Waals surface area contributed by atoms with Crippen LogP contribution in [0.15, 0.2) is 18.2 Å². The summed E-state index contributed by atoms with van der Waals surface area (Å²) in [5.41, 5.74) is 1.69. The molecule has 0 radical (unpaired) electrons. The van der Waals surface area contributed by atoms with Gasteiger partial charge in [0.2, 0.25) is 0 Å². The molecule has 0 aliphatic carbocycles. The second-order valence-electron chi connectivity index (χ2n) is 5.08. The van der Waals surface area contributed by atoms with Crippen LogP contribution in [-0.2, 0) is 0 Å². The molecule has 3 nitrogen and oxygen atoms in total. The molecule has 2 unspecified atom stereocenters. The average molecular weight is 303 g/mol. The Bertz CT molecular complexity index is 465. The fourth-order valence-electron chi connectivity index (χ4n) is 2.33. The van der Waals surface area contributed by atoms with Crippen molar-refractivity contribution in [2.75, 3.05) is 13.1 Å². The van der Waals surface area contributed by atoms with E-state index in [1.807, 2.05) is 24.0 Å². The van der Waals surface area contributed by atoms with Crippen LogP contribution in [0.5, 0.6) is 0 Å². The molecule has 1 heterocycles. The van der Waals surface area contributed by atoms with E-state index in [1.54, 1.807) is 6.07 Å². The van der Waals surface area contributed by atoms with Gasteiger partial charge in [-0.3, -0.25) is 4.79 Å². The summed E-state index contributed by atoms with van der Waals surface area (Å²) in [6.07, 6.45) is 0. The first-order valence-electron chi connectivity index (χ1n) is 6.29. The molecular weight excluding hydrogens is 283 g/mol. The second-order valence-corrected chi connectivity index (χ2v) is 5.51. The van der Waals surface area contributed by atoms with Crippen LogP contribution in [0.2, 0.25) is 5.02 Å². The second kappa shape index (κ2) is 6.60. The van der Waals surface area contributed by atoms with Crippen LogP contribution in [0.1, 0.15) is 29.8 Å². The molecule has 106 valence electrons. The SMILES string of the molecule is Cc1cc(Cl)ccc1C(=O)N1CC(C)NCC1C.Cl. The molecule has 1 fully saturated rings. The lowest BCUT2D eigenvalue weighted by molar-refractivity contribution is 0.0615. The summed E-state index contributed by atoms with van der Waals surface area (Å²) in [4.78, 5) is 14.5. The highest BCUT2D eigenvalue weighted by molar-refractivity contribution is 6.30. The van der Waals surface area contributed by atoms with Crippen molar-refractivity contribution in [2.45, 2.75) is 32.9 Å². The maximum Gasteiger partial charge on any atom is 0.254 e. The minimum Gasteiger partial charge on any atom is -0.333 e. The monoisotopic (exact) mass is 302 g/mol. The zero-order valence-electron chi connectivity index (χ0n) is 11.4. The third kappa shape index (κ3) is 3.62. The first-order chi connectivity index (χ1) is 8.49. The number of carbonyl (C=O) groups excluding carboxylic acids is 1. The lowest BCUT2D eigenvalue weighted by Gasteiger charge is -2.37. The van der Waals surface area contributed by atoms with Crippen LogP contribution in [-0.4, -0.2) is 36.0 Å². The predicted octanol–water partition coefficient (Wildman–Crippen LogP) is 2.89. The zero-order valence-corrected chi connectivity index (χ0v) is 13.0. The van der Waals surface area contributed by atoms with Crippen molar-refractivity contribution in [3.8, 4) is 0 Å². The van der Waals surface area contributed by atoms with E-state index in [-0.39, 0.29) is 24.4 Å². The lowest BCUT2D eigenvalue weighted by atomic mass is 10.0. The maximum atomic E-state index is 12.5. The Morgan fingerprint density at radius 2 is 2.11 bits per heavy atom. The van der Waals surface area contributed by atoms with Crippen molar-refractivity contribution < 1.29 is 4.79 Å². The van der Waals surface area contributed by atoms with Gasteiger partial charge in [0.25, 0.3) is 5.91 Å². The number of benzene rings is 1. The Balaban J connectivity index is 0.00000180. The van der Waals surface area contributed by atoms with Crippen LogP contribution in [0, 0.1) is 6.92 Å². The Morgan fingerprint density at radius 3 is 2.74 bits per heavy atom. The van der Waals surface area contributed by atoms with Gasteiger partial charge in [0.05, 0.1) is 0 Å². The molecule has 2 rings (SSSR count). The fraction of sp³-hybridized carbons (Fsp3) is 0.500. The highest BCUT2D eigenvalue weighted by Gasteiger charge is 2.27. The van der Waals surface area contributed by atoms with Gasteiger partial charge in [-0.1, -0.05) is 11.6 Å². The third-order valence-corrected chi connectivity index (χ3v) is 3.68. The molecule has 1 N–H and O–H groups in total.